The first-order chi connectivity index (χ1) is 8.96. The molecule has 0 aromatic carbocycles. The van der Waals surface area contributed by atoms with Crippen molar-refractivity contribution >= 4 is 5.78 Å². The number of piperidine rings is 1. The van der Waals surface area contributed by atoms with E-state index in [-0.39, 0.29) is 11.7 Å². The van der Waals surface area contributed by atoms with Gasteiger partial charge in [0.25, 0.3) is 0 Å². The van der Waals surface area contributed by atoms with Crippen LogP contribution in [-0.4, -0.2) is 40.0 Å². The number of hydrogen-bond acceptors (Lipinski definition) is 4. The molecule has 8 heteroatoms. The first kappa shape index (κ1) is 14.0. The van der Waals surface area contributed by atoms with Gasteiger partial charge in [-0.15, -0.1) is 5.10 Å². The summed E-state index contributed by atoms with van der Waals surface area (Å²) in [5, 5.41) is 10.7. The molecule has 2 rings (SSSR count). The maximum atomic E-state index is 12.0. The van der Waals surface area contributed by atoms with Gasteiger partial charge in [0.1, 0.15) is 5.69 Å². The average Bonchev–Trinajstić information content (AvgIpc) is 2.86. The van der Waals surface area contributed by atoms with Gasteiger partial charge >= 0.3 is 6.18 Å². The summed E-state index contributed by atoms with van der Waals surface area (Å²) in [5.41, 5.74) is 0.0165. The number of aromatic nitrogens is 3. The number of Topliss-reactive ketones (excluding diaryl/α,β-unsaturated/α-hetero) is 1. The predicted molar refractivity (Wildman–Crippen MR) is 60.8 cm³/mol. The minimum atomic E-state index is -4.32. The molecule has 19 heavy (non-hydrogen) atoms. The molecular weight excluding hydrogens is 261 g/mol. The average molecular weight is 276 g/mol. The fourth-order valence-corrected chi connectivity index (χ4v) is 2.04. The van der Waals surface area contributed by atoms with Gasteiger partial charge in [0.15, 0.2) is 5.78 Å². The lowest BCUT2D eigenvalue weighted by Crippen LogP contribution is -2.29. The molecule has 1 saturated heterocycles. The van der Waals surface area contributed by atoms with E-state index in [4.69, 9.17) is 0 Å². The number of nitrogens with one attached hydrogen (secondary N) is 1. The van der Waals surface area contributed by atoms with Gasteiger partial charge in [-0.2, -0.15) is 13.2 Å². The van der Waals surface area contributed by atoms with E-state index < -0.39 is 24.8 Å². The van der Waals surface area contributed by atoms with E-state index in [1.807, 2.05) is 0 Å². The second-order valence-electron chi connectivity index (χ2n) is 4.60. The molecule has 1 fully saturated rings. The third-order valence-corrected chi connectivity index (χ3v) is 3.11. The summed E-state index contributed by atoms with van der Waals surface area (Å²) in [6.45, 7) is 1.73. The molecule has 0 spiro atoms. The van der Waals surface area contributed by atoms with Gasteiger partial charge in [0.05, 0.1) is 18.7 Å². The molecule has 2 heterocycles. The normalized spacial score (nSPS) is 17.6. The topological polar surface area (TPSA) is 59.8 Å². The molecule has 1 aromatic heterocycles. The number of halogens is 3. The van der Waals surface area contributed by atoms with Crippen LogP contribution in [0.1, 0.15) is 42.2 Å². The fraction of sp³-hybridized carbons (Fsp3) is 0.727. The molecule has 1 aliphatic rings. The highest BCUT2D eigenvalue weighted by molar-refractivity contribution is 5.93. The van der Waals surface area contributed by atoms with Gasteiger partial charge in [-0.05, 0) is 25.9 Å². The quantitative estimate of drug-likeness (QED) is 0.851. The van der Waals surface area contributed by atoms with Crippen molar-refractivity contribution in [3.05, 3.63) is 11.9 Å². The minimum absolute atomic E-state index is 0.0165. The summed E-state index contributed by atoms with van der Waals surface area (Å²) >= 11 is 0. The molecule has 106 valence electrons. The summed E-state index contributed by atoms with van der Waals surface area (Å²) in [6, 6.07) is 0.165. The monoisotopic (exact) mass is 276 g/mol. The Morgan fingerprint density at radius 3 is 2.74 bits per heavy atom. The predicted octanol–water partition coefficient (Wildman–Crippen LogP) is 1.73. The minimum Gasteiger partial charge on any atom is -0.317 e. The van der Waals surface area contributed by atoms with Crippen LogP contribution in [0.15, 0.2) is 6.20 Å². The van der Waals surface area contributed by atoms with Crippen LogP contribution in [0.4, 0.5) is 13.2 Å². The van der Waals surface area contributed by atoms with E-state index in [1.165, 1.54) is 6.20 Å². The van der Waals surface area contributed by atoms with Crippen LogP contribution in [0, 0.1) is 0 Å². The lowest BCUT2D eigenvalue weighted by Gasteiger charge is -2.22. The summed E-state index contributed by atoms with van der Waals surface area (Å²) in [5.74, 6) is -0.613. The summed E-state index contributed by atoms with van der Waals surface area (Å²) in [4.78, 5) is 11.6. The van der Waals surface area contributed by atoms with Crippen molar-refractivity contribution in [2.75, 3.05) is 13.1 Å². The Kier molecular flexibility index (Phi) is 4.18. The van der Waals surface area contributed by atoms with Crippen molar-refractivity contribution in [1.82, 2.24) is 20.3 Å². The van der Waals surface area contributed by atoms with Crippen LogP contribution in [0.5, 0.6) is 0 Å². The van der Waals surface area contributed by atoms with Gasteiger partial charge in [0.2, 0.25) is 0 Å². The van der Waals surface area contributed by atoms with Gasteiger partial charge in [-0.25, -0.2) is 4.68 Å². The fourth-order valence-electron chi connectivity index (χ4n) is 2.04. The summed E-state index contributed by atoms with van der Waals surface area (Å²) < 4.78 is 37.7. The molecule has 0 aliphatic carbocycles. The Labute approximate surface area is 108 Å². The first-order valence-electron chi connectivity index (χ1n) is 6.18. The largest absolute Gasteiger partial charge is 0.389 e. The van der Waals surface area contributed by atoms with Crippen molar-refractivity contribution < 1.29 is 18.0 Å². The molecule has 1 aliphatic heterocycles. The van der Waals surface area contributed by atoms with Crippen LogP contribution in [0.3, 0.4) is 0 Å². The first-order valence-corrected chi connectivity index (χ1v) is 6.18. The number of carbonyl (C=O) groups excluding carboxylic acids is 1. The number of rotatable bonds is 4. The van der Waals surface area contributed by atoms with Crippen LogP contribution in [0.2, 0.25) is 0 Å². The molecule has 5 nitrogen and oxygen atoms in total. The zero-order valence-corrected chi connectivity index (χ0v) is 10.3. The Morgan fingerprint density at radius 2 is 2.11 bits per heavy atom. The van der Waals surface area contributed by atoms with E-state index in [0.717, 1.165) is 25.9 Å². The molecule has 0 atom stereocenters. The third-order valence-electron chi connectivity index (χ3n) is 3.11. The van der Waals surface area contributed by atoms with Crippen molar-refractivity contribution in [3.8, 4) is 0 Å². The summed E-state index contributed by atoms with van der Waals surface area (Å²) in [6.07, 6.45) is -2.81. The number of nitrogens with zero attached hydrogens (tertiary/aromatic N) is 3. The van der Waals surface area contributed by atoms with Crippen molar-refractivity contribution in [2.45, 2.75) is 37.9 Å². The standard InChI is InChI=1S/C11H15F3N4O/c12-11(13,14)4-1-10(19)9-7-18(17-16-9)8-2-5-15-6-3-8/h7-8,15H,1-6H2. The zero-order valence-electron chi connectivity index (χ0n) is 10.3. The lowest BCUT2D eigenvalue weighted by molar-refractivity contribution is -0.133. The molecule has 0 amide bonds. The second-order valence-corrected chi connectivity index (χ2v) is 4.60. The van der Waals surface area contributed by atoms with Crippen molar-refractivity contribution in [3.63, 3.8) is 0 Å². The van der Waals surface area contributed by atoms with E-state index in [9.17, 15) is 18.0 Å². The summed E-state index contributed by atoms with van der Waals surface area (Å²) in [7, 11) is 0. The highest BCUT2D eigenvalue weighted by Crippen LogP contribution is 2.23. The number of ketones is 1. The van der Waals surface area contributed by atoms with E-state index in [1.54, 1.807) is 4.68 Å². The molecule has 0 bridgehead atoms. The maximum Gasteiger partial charge on any atom is 0.389 e. The Bertz CT molecular complexity index is 437. The van der Waals surface area contributed by atoms with Gasteiger partial charge in [-0.1, -0.05) is 5.21 Å². The van der Waals surface area contributed by atoms with Crippen LogP contribution in [0.25, 0.3) is 0 Å². The van der Waals surface area contributed by atoms with Crippen molar-refractivity contribution in [2.24, 2.45) is 0 Å². The number of carbonyl (C=O) groups is 1. The van der Waals surface area contributed by atoms with Crippen molar-refractivity contribution in [1.29, 1.82) is 0 Å². The molecule has 0 saturated carbocycles. The van der Waals surface area contributed by atoms with Gasteiger partial charge < -0.3 is 5.32 Å². The van der Waals surface area contributed by atoms with E-state index in [2.05, 4.69) is 15.6 Å². The Hall–Kier alpha value is -1.44. The molecular formula is C11H15F3N4O. The Morgan fingerprint density at radius 1 is 1.42 bits per heavy atom. The zero-order chi connectivity index (χ0) is 13.9. The van der Waals surface area contributed by atoms with Crippen LogP contribution in [-0.2, 0) is 0 Å². The highest BCUT2D eigenvalue weighted by Gasteiger charge is 2.29. The van der Waals surface area contributed by atoms with Crippen LogP contribution < -0.4 is 5.32 Å². The molecule has 0 unspecified atom stereocenters. The Balaban J connectivity index is 1.94. The van der Waals surface area contributed by atoms with E-state index >= 15 is 0 Å². The second kappa shape index (κ2) is 5.68. The third kappa shape index (κ3) is 4.02. The molecule has 0 radical (unpaired) electrons. The number of hydrogen-bond donors (Lipinski definition) is 1. The van der Waals surface area contributed by atoms with Crippen LogP contribution >= 0.6 is 0 Å². The highest BCUT2D eigenvalue weighted by atomic mass is 19.4. The maximum absolute atomic E-state index is 12.0. The lowest BCUT2D eigenvalue weighted by atomic mass is 10.1. The smallest absolute Gasteiger partial charge is 0.317 e. The molecule has 1 N–H and O–H groups in total. The van der Waals surface area contributed by atoms with Gasteiger partial charge in [-0.3, -0.25) is 4.79 Å². The van der Waals surface area contributed by atoms with E-state index in [0.29, 0.717) is 0 Å². The van der Waals surface area contributed by atoms with Gasteiger partial charge in [0, 0.05) is 6.42 Å². The SMILES string of the molecule is O=C(CCC(F)(F)F)c1cn(C2CCNCC2)nn1. The molecule has 1 aromatic rings. The number of alkyl halides is 3.